The number of rotatable bonds is 2. The number of hydrazine groups is 1. The quantitative estimate of drug-likeness (QED) is 0.304. The van der Waals surface area contributed by atoms with Gasteiger partial charge >= 0.3 is 0 Å². The van der Waals surface area contributed by atoms with Crippen LogP contribution in [-0.4, -0.2) is 11.2 Å². The van der Waals surface area contributed by atoms with Crippen LogP contribution in [0.1, 0.15) is 19.8 Å². The molecule has 0 aliphatic heterocycles. The summed E-state index contributed by atoms with van der Waals surface area (Å²) in [6.45, 7) is 2.19. The largest absolute Gasteiger partial charge is 0.359 e. The summed E-state index contributed by atoms with van der Waals surface area (Å²) in [5.74, 6) is 5.89. The van der Waals surface area contributed by atoms with Crippen molar-refractivity contribution in [1.82, 2.24) is 10.7 Å². The monoisotopic (exact) mass is 159 g/mol. The molecular formula is C6H13N3S. The molecule has 0 aromatic rings. The maximum Gasteiger partial charge on any atom is 0.180 e. The molecule has 2 atom stereocenters. The molecule has 0 heterocycles. The molecule has 0 aromatic carbocycles. The zero-order valence-corrected chi connectivity index (χ0v) is 6.87. The SMILES string of the molecule is CCC1CC1NC(=S)NN. The van der Waals surface area contributed by atoms with E-state index >= 15 is 0 Å². The van der Waals surface area contributed by atoms with Gasteiger partial charge in [0.15, 0.2) is 5.11 Å². The second-order valence-corrected chi connectivity index (χ2v) is 3.04. The first-order valence-corrected chi connectivity index (χ1v) is 3.95. The van der Waals surface area contributed by atoms with Crippen molar-refractivity contribution in [3.8, 4) is 0 Å². The van der Waals surface area contributed by atoms with Crippen LogP contribution < -0.4 is 16.6 Å². The van der Waals surface area contributed by atoms with E-state index in [1.807, 2.05) is 0 Å². The Morgan fingerprint density at radius 1 is 1.80 bits per heavy atom. The molecule has 0 spiro atoms. The van der Waals surface area contributed by atoms with Gasteiger partial charge in [0.05, 0.1) is 0 Å². The highest BCUT2D eigenvalue weighted by molar-refractivity contribution is 7.80. The predicted octanol–water partition coefficient (Wildman–Crippen LogP) is 0.123. The van der Waals surface area contributed by atoms with Crippen molar-refractivity contribution in [2.24, 2.45) is 11.8 Å². The van der Waals surface area contributed by atoms with Gasteiger partial charge in [-0.2, -0.15) is 0 Å². The summed E-state index contributed by atoms with van der Waals surface area (Å²) in [6, 6.07) is 0.577. The maximum atomic E-state index is 5.08. The van der Waals surface area contributed by atoms with Crippen molar-refractivity contribution in [3.05, 3.63) is 0 Å². The molecule has 1 aliphatic carbocycles. The van der Waals surface area contributed by atoms with Crippen molar-refractivity contribution < 1.29 is 0 Å². The second-order valence-electron chi connectivity index (χ2n) is 2.63. The minimum atomic E-state index is 0.556. The van der Waals surface area contributed by atoms with Gasteiger partial charge in [-0.1, -0.05) is 13.3 Å². The summed E-state index contributed by atoms with van der Waals surface area (Å²) in [5, 5.41) is 3.66. The summed E-state index contributed by atoms with van der Waals surface area (Å²) < 4.78 is 0. The molecule has 1 fully saturated rings. The highest BCUT2D eigenvalue weighted by Crippen LogP contribution is 2.32. The van der Waals surface area contributed by atoms with E-state index in [1.165, 1.54) is 12.8 Å². The Hall–Kier alpha value is -0.350. The van der Waals surface area contributed by atoms with Gasteiger partial charge in [-0.25, -0.2) is 5.84 Å². The highest BCUT2D eigenvalue weighted by Gasteiger charge is 2.35. The van der Waals surface area contributed by atoms with Gasteiger partial charge in [0.1, 0.15) is 0 Å². The zero-order valence-electron chi connectivity index (χ0n) is 6.05. The first kappa shape index (κ1) is 7.75. The third kappa shape index (κ3) is 1.82. The molecule has 1 rings (SSSR count). The Bertz CT molecular complexity index is 137. The van der Waals surface area contributed by atoms with Crippen LogP contribution in [0.25, 0.3) is 0 Å². The van der Waals surface area contributed by atoms with E-state index in [4.69, 9.17) is 18.1 Å². The molecule has 4 heteroatoms. The van der Waals surface area contributed by atoms with E-state index in [9.17, 15) is 0 Å². The average Bonchev–Trinajstić information content (AvgIpc) is 2.67. The molecule has 0 bridgehead atoms. The molecule has 0 saturated heterocycles. The molecule has 3 nitrogen and oxygen atoms in total. The Balaban J connectivity index is 2.11. The van der Waals surface area contributed by atoms with Gasteiger partial charge in [-0.15, -0.1) is 0 Å². The molecule has 2 unspecified atom stereocenters. The average molecular weight is 159 g/mol. The van der Waals surface area contributed by atoms with Gasteiger partial charge < -0.3 is 10.7 Å². The standard InChI is InChI=1S/C6H13N3S/c1-2-4-3-5(4)8-6(10)9-7/h4-5H,2-3,7H2,1H3,(H2,8,9,10). The minimum Gasteiger partial charge on any atom is -0.359 e. The van der Waals surface area contributed by atoms with Crippen molar-refractivity contribution in [2.45, 2.75) is 25.8 Å². The number of hydrogen-bond acceptors (Lipinski definition) is 2. The summed E-state index contributed by atoms with van der Waals surface area (Å²) in [4.78, 5) is 0. The van der Waals surface area contributed by atoms with Crippen LogP contribution in [0, 0.1) is 5.92 Å². The van der Waals surface area contributed by atoms with E-state index < -0.39 is 0 Å². The third-order valence-electron chi connectivity index (χ3n) is 1.89. The molecule has 0 amide bonds. The number of nitrogens with two attached hydrogens (primary N) is 1. The summed E-state index contributed by atoms with van der Waals surface area (Å²) >= 11 is 4.83. The Kier molecular flexibility index (Phi) is 2.45. The lowest BCUT2D eigenvalue weighted by molar-refractivity contribution is 0.716. The summed E-state index contributed by atoms with van der Waals surface area (Å²) in [7, 11) is 0. The number of thiocarbonyl (C=S) groups is 1. The molecule has 0 radical (unpaired) electrons. The van der Waals surface area contributed by atoms with Gasteiger partial charge in [0.25, 0.3) is 0 Å². The van der Waals surface area contributed by atoms with Crippen molar-refractivity contribution in [3.63, 3.8) is 0 Å². The van der Waals surface area contributed by atoms with E-state index in [2.05, 4.69) is 17.7 Å². The first-order valence-electron chi connectivity index (χ1n) is 3.55. The third-order valence-corrected chi connectivity index (χ3v) is 2.13. The van der Waals surface area contributed by atoms with E-state index in [0.29, 0.717) is 11.2 Å². The second kappa shape index (κ2) is 3.16. The fraction of sp³-hybridized carbons (Fsp3) is 0.833. The van der Waals surface area contributed by atoms with E-state index in [-0.39, 0.29) is 0 Å². The topological polar surface area (TPSA) is 50.1 Å². The Labute approximate surface area is 66.3 Å². The van der Waals surface area contributed by atoms with Crippen LogP contribution in [0.4, 0.5) is 0 Å². The Morgan fingerprint density at radius 3 is 2.90 bits per heavy atom. The van der Waals surface area contributed by atoms with Crippen molar-refractivity contribution >= 4 is 17.3 Å². The molecular weight excluding hydrogens is 146 g/mol. The maximum absolute atomic E-state index is 5.08. The fourth-order valence-electron chi connectivity index (χ4n) is 1.09. The molecule has 1 aliphatic rings. The summed E-state index contributed by atoms with van der Waals surface area (Å²) in [5.41, 5.74) is 2.40. The van der Waals surface area contributed by atoms with E-state index in [1.54, 1.807) is 0 Å². The fourth-order valence-corrected chi connectivity index (χ4v) is 1.24. The minimum absolute atomic E-state index is 0.556. The van der Waals surface area contributed by atoms with Crippen molar-refractivity contribution in [2.75, 3.05) is 0 Å². The van der Waals surface area contributed by atoms with Crippen LogP contribution in [0.3, 0.4) is 0 Å². The van der Waals surface area contributed by atoms with Crippen LogP contribution in [0.15, 0.2) is 0 Å². The molecule has 4 N–H and O–H groups in total. The normalized spacial score (nSPS) is 29.4. The number of nitrogens with one attached hydrogen (secondary N) is 2. The van der Waals surface area contributed by atoms with Gasteiger partial charge in [0, 0.05) is 6.04 Å². The molecule has 0 aromatic heterocycles. The molecule has 10 heavy (non-hydrogen) atoms. The zero-order chi connectivity index (χ0) is 7.56. The lowest BCUT2D eigenvalue weighted by atomic mass is 10.3. The van der Waals surface area contributed by atoms with E-state index in [0.717, 1.165) is 5.92 Å². The lowest BCUT2D eigenvalue weighted by Gasteiger charge is -2.04. The van der Waals surface area contributed by atoms with Gasteiger partial charge in [0.2, 0.25) is 0 Å². The van der Waals surface area contributed by atoms with Crippen molar-refractivity contribution in [1.29, 1.82) is 0 Å². The highest BCUT2D eigenvalue weighted by atomic mass is 32.1. The van der Waals surface area contributed by atoms with Crippen LogP contribution in [0.5, 0.6) is 0 Å². The van der Waals surface area contributed by atoms with Crippen LogP contribution >= 0.6 is 12.2 Å². The first-order chi connectivity index (χ1) is 4.77. The van der Waals surface area contributed by atoms with Gasteiger partial charge in [-0.3, -0.25) is 0 Å². The summed E-state index contributed by atoms with van der Waals surface area (Å²) in [6.07, 6.45) is 2.46. The molecule has 1 saturated carbocycles. The van der Waals surface area contributed by atoms with Crippen LogP contribution in [-0.2, 0) is 0 Å². The molecule has 58 valence electrons. The smallest absolute Gasteiger partial charge is 0.180 e. The van der Waals surface area contributed by atoms with Crippen LogP contribution in [0.2, 0.25) is 0 Å². The predicted molar refractivity (Wildman–Crippen MR) is 45.2 cm³/mol. The lowest BCUT2D eigenvalue weighted by Crippen LogP contribution is -2.41. The Morgan fingerprint density at radius 2 is 2.50 bits per heavy atom. The number of hydrogen-bond donors (Lipinski definition) is 3. The van der Waals surface area contributed by atoms with Gasteiger partial charge in [-0.05, 0) is 24.6 Å².